The molecule has 0 radical (unpaired) electrons. The van der Waals surface area contributed by atoms with E-state index in [0.717, 1.165) is 18.4 Å². The molecule has 1 aliphatic rings. The zero-order valence-electron chi connectivity index (χ0n) is 9.17. The van der Waals surface area contributed by atoms with Crippen LogP contribution in [0.3, 0.4) is 0 Å². The molecule has 2 atom stereocenters. The summed E-state index contributed by atoms with van der Waals surface area (Å²) in [6, 6.07) is 6.95. The van der Waals surface area contributed by atoms with Gasteiger partial charge in [-0.25, -0.2) is 4.39 Å². The first-order valence-corrected chi connectivity index (χ1v) is 5.61. The number of halogens is 1. The highest BCUT2D eigenvalue weighted by Gasteiger charge is 2.34. The molecule has 82 valence electrons. The number of hydrogen-bond donors (Lipinski definition) is 1. The van der Waals surface area contributed by atoms with Crippen LogP contribution in [0.5, 0.6) is 0 Å². The molecule has 1 aromatic rings. The number of rotatable bonds is 2. The third-order valence-corrected chi connectivity index (χ3v) is 3.39. The van der Waals surface area contributed by atoms with Gasteiger partial charge in [-0.3, -0.25) is 0 Å². The molecule has 1 saturated carbocycles. The lowest BCUT2D eigenvalue weighted by Crippen LogP contribution is -2.39. The standard InChI is InChI=1S/C13H18FN/c1-10-6-7-13(15,8-10)9-11-4-2-3-5-12(11)14/h2-5,10H,6-9,15H2,1H3. The van der Waals surface area contributed by atoms with Crippen molar-refractivity contribution in [2.45, 2.75) is 38.1 Å². The van der Waals surface area contributed by atoms with Crippen LogP contribution in [0.2, 0.25) is 0 Å². The molecular formula is C13H18FN. The van der Waals surface area contributed by atoms with Crippen LogP contribution in [0.1, 0.15) is 31.7 Å². The molecule has 0 aromatic heterocycles. The van der Waals surface area contributed by atoms with Gasteiger partial charge in [0.15, 0.2) is 0 Å². The van der Waals surface area contributed by atoms with Gasteiger partial charge in [0.25, 0.3) is 0 Å². The van der Waals surface area contributed by atoms with Gasteiger partial charge >= 0.3 is 0 Å². The molecule has 0 spiro atoms. The van der Waals surface area contributed by atoms with Crippen LogP contribution >= 0.6 is 0 Å². The zero-order valence-corrected chi connectivity index (χ0v) is 9.17. The fourth-order valence-corrected chi connectivity index (χ4v) is 2.61. The van der Waals surface area contributed by atoms with Crippen molar-refractivity contribution < 1.29 is 4.39 Å². The molecule has 0 amide bonds. The third-order valence-electron chi connectivity index (χ3n) is 3.39. The molecule has 0 aliphatic heterocycles. The Morgan fingerprint density at radius 2 is 2.20 bits per heavy atom. The average Bonchev–Trinajstić information content (AvgIpc) is 2.51. The minimum Gasteiger partial charge on any atom is -0.325 e. The van der Waals surface area contributed by atoms with E-state index >= 15 is 0 Å². The quantitative estimate of drug-likeness (QED) is 0.792. The Bertz CT molecular complexity index is 350. The van der Waals surface area contributed by atoms with E-state index in [-0.39, 0.29) is 11.4 Å². The Kier molecular flexibility index (Phi) is 2.79. The molecule has 0 saturated heterocycles. The Hall–Kier alpha value is -0.890. The summed E-state index contributed by atoms with van der Waals surface area (Å²) in [5.41, 5.74) is 6.86. The monoisotopic (exact) mass is 207 g/mol. The van der Waals surface area contributed by atoms with E-state index in [4.69, 9.17) is 5.73 Å². The van der Waals surface area contributed by atoms with E-state index in [1.54, 1.807) is 6.07 Å². The molecule has 2 rings (SSSR count). The van der Waals surface area contributed by atoms with Crippen LogP contribution in [-0.4, -0.2) is 5.54 Å². The summed E-state index contributed by atoms with van der Waals surface area (Å²) in [5.74, 6) is 0.559. The van der Waals surface area contributed by atoms with E-state index in [0.29, 0.717) is 12.3 Å². The SMILES string of the molecule is CC1CCC(N)(Cc2ccccc2F)C1. The fraction of sp³-hybridized carbons (Fsp3) is 0.538. The van der Waals surface area contributed by atoms with Crippen molar-refractivity contribution >= 4 is 0 Å². The summed E-state index contributed by atoms with van der Waals surface area (Å²) in [7, 11) is 0. The third kappa shape index (κ3) is 2.37. The molecule has 1 aliphatic carbocycles. The smallest absolute Gasteiger partial charge is 0.126 e. The highest BCUT2D eigenvalue weighted by atomic mass is 19.1. The molecule has 15 heavy (non-hydrogen) atoms. The van der Waals surface area contributed by atoms with E-state index < -0.39 is 0 Å². The highest BCUT2D eigenvalue weighted by molar-refractivity contribution is 5.20. The van der Waals surface area contributed by atoms with E-state index in [2.05, 4.69) is 6.92 Å². The predicted octanol–water partition coefficient (Wildman–Crippen LogP) is 2.89. The average molecular weight is 207 g/mol. The maximum absolute atomic E-state index is 13.5. The van der Waals surface area contributed by atoms with Crippen LogP contribution in [-0.2, 0) is 6.42 Å². The van der Waals surface area contributed by atoms with Gasteiger partial charge in [0.2, 0.25) is 0 Å². The van der Waals surface area contributed by atoms with E-state index in [1.807, 2.05) is 12.1 Å². The molecule has 1 nitrogen and oxygen atoms in total. The first-order valence-electron chi connectivity index (χ1n) is 5.61. The summed E-state index contributed by atoms with van der Waals surface area (Å²) >= 11 is 0. The second-order valence-electron chi connectivity index (χ2n) is 4.98. The van der Waals surface area contributed by atoms with Crippen molar-refractivity contribution in [2.75, 3.05) is 0 Å². The maximum atomic E-state index is 13.5. The highest BCUT2D eigenvalue weighted by Crippen LogP contribution is 2.35. The van der Waals surface area contributed by atoms with Crippen LogP contribution in [0.4, 0.5) is 4.39 Å². The molecule has 1 aromatic carbocycles. The molecular weight excluding hydrogens is 189 g/mol. The van der Waals surface area contributed by atoms with Gasteiger partial charge in [-0.2, -0.15) is 0 Å². The largest absolute Gasteiger partial charge is 0.325 e. The van der Waals surface area contributed by atoms with Crippen molar-refractivity contribution in [3.63, 3.8) is 0 Å². The minimum absolute atomic E-state index is 0.123. The van der Waals surface area contributed by atoms with Gasteiger partial charge in [-0.15, -0.1) is 0 Å². The van der Waals surface area contributed by atoms with Crippen molar-refractivity contribution in [1.29, 1.82) is 0 Å². The summed E-state index contributed by atoms with van der Waals surface area (Å²) in [5, 5.41) is 0. The molecule has 0 heterocycles. The predicted molar refractivity (Wildman–Crippen MR) is 60.0 cm³/mol. The Balaban J connectivity index is 2.12. The molecule has 2 unspecified atom stereocenters. The van der Waals surface area contributed by atoms with Crippen molar-refractivity contribution in [3.8, 4) is 0 Å². The van der Waals surface area contributed by atoms with Gasteiger partial charge in [0, 0.05) is 5.54 Å². The second kappa shape index (κ2) is 3.93. The Morgan fingerprint density at radius 3 is 2.80 bits per heavy atom. The molecule has 0 bridgehead atoms. The lowest BCUT2D eigenvalue weighted by atomic mass is 9.89. The first-order chi connectivity index (χ1) is 7.09. The zero-order chi connectivity index (χ0) is 10.9. The molecule has 2 heteroatoms. The first kappa shape index (κ1) is 10.6. The van der Waals surface area contributed by atoms with Crippen molar-refractivity contribution in [2.24, 2.45) is 11.7 Å². The summed E-state index contributed by atoms with van der Waals surface area (Å²) in [6.45, 7) is 2.22. The van der Waals surface area contributed by atoms with Gasteiger partial charge in [-0.1, -0.05) is 25.1 Å². The van der Waals surface area contributed by atoms with Gasteiger partial charge in [0.05, 0.1) is 0 Å². The normalized spacial score (nSPS) is 30.7. The molecule has 1 fully saturated rings. The summed E-state index contributed by atoms with van der Waals surface area (Å²) in [6.07, 6.45) is 3.87. The molecule has 2 N–H and O–H groups in total. The van der Waals surface area contributed by atoms with Gasteiger partial charge < -0.3 is 5.73 Å². The van der Waals surface area contributed by atoms with Crippen LogP contribution in [0, 0.1) is 11.7 Å². The van der Waals surface area contributed by atoms with Crippen LogP contribution in [0.15, 0.2) is 24.3 Å². The number of hydrogen-bond acceptors (Lipinski definition) is 1. The van der Waals surface area contributed by atoms with Crippen LogP contribution in [0.25, 0.3) is 0 Å². The fourth-order valence-electron chi connectivity index (χ4n) is 2.61. The van der Waals surface area contributed by atoms with Gasteiger partial charge in [0.1, 0.15) is 5.82 Å². The topological polar surface area (TPSA) is 26.0 Å². The van der Waals surface area contributed by atoms with E-state index in [1.165, 1.54) is 12.5 Å². The van der Waals surface area contributed by atoms with Gasteiger partial charge in [-0.05, 0) is 43.2 Å². The summed E-state index contributed by atoms with van der Waals surface area (Å²) in [4.78, 5) is 0. The Labute approximate surface area is 90.5 Å². The maximum Gasteiger partial charge on any atom is 0.126 e. The summed E-state index contributed by atoms with van der Waals surface area (Å²) < 4.78 is 13.5. The second-order valence-corrected chi connectivity index (χ2v) is 4.98. The number of nitrogens with two attached hydrogens (primary N) is 1. The van der Waals surface area contributed by atoms with Crippen LogP contribution < -0.4 is 5.73 Å². The number of benzene rings is 1. The van der Waals surface area contributed by atoms with Crippen molar-refractivity contribution in [3.05, 3.63) is 35.6 Å². The minimum atomic E-state index is -0.179. The lowest BCUT2D eigenvalue weighted by molar-refractivity contribution is 0.411. The van der Waals surface area contributed by atoms with Crippen molar-refractivity contribution in [1.82, 2.24) is 0 Å². The van der Waals surface area contributed by atoms with E-state index in [9.17, 15) is 4.39 Å². The Morgan fingerprint density at radius 1 is 1.47 bits per heavy atom. The lowest BCUT2D eigenvalue weighted by Gasteiger charge is -2.24.